The standard InChI is InChI=1S/C42H39O18P.Na/c1-23(43)53-33-19-37(55-25(3)45)41(38(20-33)56-26(4)46)35(49)17-11-29-7-13-31(14-8-29)59-61(51,52)60-32-15-9-30(10-16-32)12-18-36(50)42-39(57-27(5)47)21-34(54-24(2)44)22-40(42)58-28(6)48;/h7-10,13-16,19-22H,11-12,17-18H2,1-6H3,(H,51,52);/q;+1/p-1. The predicted molar refractivity (Wildman–Crippen MR) is 208 cm³/mol. The maximum atomic E-state index is 13.4. The number of carbonyl (C=O) groups is 8. The van der Waals surface area contributed by atoms with Crippen LogP contribution in [0.4, 0.5) is 0 Å². The zero-order chi connectivity index (χ0) is 45.0. The minimum atomic E-state index is -4.99. The monoisotopic (exact) mass is 884 g/mol. The van der Waals surface area contributed by atoms with Gasteiger partial charge in [-0.3, -0.25) is 38.4 Å². The van der Waals surface area contributed by atoms with E-state index in [0.717, 1.165) is 65.8 Å². The number of phosphoric ester groups is 1. The number of aryl methyl sites for hydroxylation is 2. The first-order valence-corrected chi connectivity index (χ1v) is 19.5. The molecule has 0 amide bonds. The van der Waals surface area contributed by atoms with Crippen molar-refractivity contribution < 1.29 is 115 Å². The molecule has 0 atom stereocenters. The normalized spacial score (nSPS) is 10.6. The Hall–Kier alpha value is -6.17. The third-order valence-corrected chi connectivity index (χ3v) is 8.61. The number of Topliss-reactive ketones (excluding diaryl/α,β-unsaturated/α-hetero) is 2. The van der Waals surface area contributed by atoms with Gasteiger partial charge in [0.15, 0.2) is 11.6 Å². The Morgan fingerprint density at radius 2 is 0.694 bits per heavy atom. The number of rotatable bonds is 18. The molecule has 0 saturated heterocycles. The van der Waals surface area contributed by atoms with Gasteiger partial charge in [0.2, 0.25) is 0 Å². The van der Waals surface area contributed by atoms with Crippen LogP contribution in [-0.2, 0) is 46.2 Å². The number of benzene rings is 4. The molecular formula is C42H38NaO18P. The Bertz CT molecular complexity index is 2190. The van der Waals surface area contributed by atoms with Gasteiger partial charge in [0.1, 0.15) is 57.1 Å². The topological polar surface area (TPSA) is 251 Å². The largest absolute Gasteiger partial charge is 1.00 e. The van der Waals surface area contributed by atoms with Gasteiger partial charge in [0.25, 0.3) is 0 Å². The molecule has 0 unspecified atom stereocenters. The first-order valence-electron chi connectivity index (χ1n) is 18.1. The van der Waals surface area contributed by atoms with Crippen molar-refractivity contribution >= 4 is 55.2 Å². The fourth-order valence-electron chi connectivity index (χ4n) is 5.55. The molecule has 0 bridgehead atoms. The van der Waals surface area contributed by atoms with E-state index in [0.29, 0.717) is 11.1 Å². The molecule has 18 nitrogen and oxygen atoms in total. The van der Waals surface area contributed by atoms with E-state index in [-0.39, 0.29) is 112 Å². The van der Waals surface area contributed by atoms with Crippen LogP contribution in [0.5, 0.6) is 46.0 Å². The Morgan fingerprint density at radius 1 is 0.435 bits per heavy atom. The fourth-order valence-corrected chi connectivity index (χ4v) is 6.35. The van der Waals surface area contributed by atoms with Gasteiger partial charge in [-0.2, -0.15) is 0 Å². The van der Waals surface area contributed by atoms with E-state index in [1.165, 1.54) is 48.5 Å². The van der Waals surface area contributed by atoms with Gasteiger partial charge < -0.3 is 42.4 Å². The van der Waals surface area contributed by atoms with Crippen LogP contribution in [0.2, 0.25) is 0 Å². The van der Waals surface area contributed by atoms with Crippen LogP contribution in [0.3, 0.4) is 0 Å². The van der Waals surface area contributed by atoms with Crippen molar-refractivity contribution in [2.24, 2.45) is 0 Å². The summed E-state index contributed by atoms with van der Waals surface area (Å²) in [4.78, 5) is 110. The molecule has 320 valence electrons. The van der Waals surface area contributed by atoms with E-state index in [9.17, 15) is 47.8 Å². The summed E-state index contributed by atoms with van der Waals surface area (Å²) >= 11 is 0. The molecule has 0 aliphatic carbocycles. The predicted octanol–water partition coefficient (Wildman–Crippen LogP) is 2.80. The number of ketones is 2. The third kappa shape index (κ3) is 15.7. The van der Waals surface area contributed by atoms with Crippen LogP contribution in [0, 0.1) is 0 Å². The quantitative estimate of drug-likeness (QED) is 0.0458. The Balaban J connectivity index is 0.0000102. The average Bonchev–Trinajstić information content (AvgIpc) is 3.12. The van der Waals surface area contributed by atoms with E-state index < -0.39 is 55.2 Å². The zero-order valence-electron chi connectivity index (χ0n) is 34.6. The molecule has 4 aromatic rings. The summed E-state index contributed by atoms with van der Waals surface area (Å²) in [6.45, 7) is 6.61. The SMILES string of the molecule is CC(=O)Oc1cc(OC(C)=O)c(C(=O)CCc2ccc(OP(=O)([O-])Oc3ccc(CCC(=O)c4c(OC(C)=O)cc(OC(C)=O)cc4OC(C)=O)cc3)cc2)c(OC(C)=O)c1.[Na+]. The summed E-state index contributed by atoms with van der Waals surface area (Å²) in [6, 6.07) is 15.9. The van der Waals surface area contributed by atoms with Crippen molar-refractivity contribution in [2.75, 3.05) is 0 Å². The number of esters is 6. The molecule has 0 aliphatic heterocycles. The van der Waals surface area contributed by atoms with Crippen LogP contribution >= 0.6 is 7.82 Å². The summed E-state index contributed by atoms with van der Waals surface area (Å²) in [7, 11) is -4.99. The van der Waals surface area contributed by atoms with E-state index in [4.69, 9.17) is 37.5 Å². The first-order chi connectivity index (χ1) is 28.7. The van der Waals surface area contributed by atoms with E-state index >= 15 is 0 Å². The molecule has 62 heavy (non-hydrogen) atoms. The van der Waals surface area contributed by atoms with Crippen LogP contribution in [0.1, 0.15) is 86.2 Å². The molecule has 20 heteroatoms. The fraction of sp³-hybridized carbons (Fsp3) is 0.238. The molecule has 0 heterocycles. The van der Waals surface area contributed by atoms with Gasteiger partial charge in [-0.1, -0.05) is 24.3 Å². The van der Waals surface area contributed by atoms with Crippen molar-refractivity contribution in [3.05, 3.63) is 95.1 Å². The number of phosphoric acid groups is 1. The van der Waals surface area contributed by atoms with Gasteiger partial charge in [-0.15, -0.1) is 0 Å². The molecule has 0 aromatic heterocycles. The summed E-state index contributed by atoms with van der Waals surface area (Å²) in [5.41, 5.74) is 0.670. The van der Waals surface area contributed by atoms with Crippen molar-refractivity contribution in [1.29, 1.82) is 0 Å². The second kappa shape index (κ2) is 22.6. The van der Waals surface area contributed by atoms with E-state index in [1.807, 2.05) is 0 Å². The van der Waals surface area contributed by atoms with Gasteiger partial charge in [-0.05, 0) is 48.2 Å². The maximum Gasteiger partial charge on any atom is 1.00 e. The first kappa shape index (κ1) is 50.2. The Labute approximate surface area is 376 Å². The molecule has 4 aromatic carbocycles. The maximum absolute atomic E-state index is 13.4. The summed E-state index contributed by atoms with van der Waals surface area (Å²) < 4.78 is 53.7. The third-order valence-electron chi connectivity index (χ3n) is 7.74. The number of ether oxygens (including phenoxy) is 6. The summed E-state index contributed by atoms with van der Waals surface area (Å²) in [5, 5.41) is 0. The molecule has 0 saturated carbocycles. The molecule has 0 N–H and O–H groups in total. The van der Waals surface area contributed by atoms with Crippen molar-refractivity contribution in [3.63, 3.8) is 0 Å². The summed E-state index contributed by atoms with van der Waals surface area (Å²) in [5.74, 6) is -7.43. The van der Waals surface area contributed by atoms with Gasteiger partial charge >= 0.3 is 73.2 Å². The Morgan fingerprint density at radius 3 is 0.935 bits per heavy atom. The van der Waals surface area contributed by atoms with Gasteiger partial charge in [0.05, 0.1) is 0 Å². The van der Waals surface area contributed by atoms with Gasteiger partial charge in [-0.25, -0.2) is 4.57 Å². The van der Waals surface area contributed by atoms with Crippen molar-refractivity contribution in [2.45, 2.75) is 67.2 Å². The second-order valence-corrected chi connectivity index (χ2v) is 14.2. The number of hydrogen-bond acceptors (Lipinski definition) is 18. The van der Waals surface area contributed by atoms with Crippen molar-refractivity contribution in [1.82, 2.24) is 0 Å². The zero-order valence-corrected chi connectivity index (χ0v) is 37.4. The van der Waals surface area contributed by atoms with Crippen LogP contribution in [-0.4, -0.2) is 47.4 Å². The van der Waals surface area contributed by atoms with Crippen molar-refractivity contribution in [3.8, 4) is 46.0 Å². The van der Waals surface area contributed by atoms with E-state index in [1.54, 1.807) is 0 Å². The molecular weight excluding hydrogens is 846 g/mol. The molecule has 4 rings (SSSR count). The van der Waals surface area contributed by atoms with Crippen LogP contribution in [0.15, 0.2) is 72.8 Å². The Kier molecular flexibility index (Phi) is 18.3. The number of carbonyl (C=O) groups excluding carboxylic acids is 8. The summed E-state index contributed by atoms with van der Waals surface area (Å²) in [6.07, 6.45) is -0.149. The molecule has 0 radical (unpaired) electrons. The molecule has 0 aliphatic rings. The average molecular weight is 885 g/mol. The second-order valence-electron chi connectivity index (χ2n) is 12.9. The van der Waals surface area contributed by atoms with Crippen LogP contribution in [0.25, 0.3) is 0 Å². The molecule has 0 spiro atoms. The smallest absolute Gasteiger partial charge is 0.736 e. The minimum Gasteiger partial charge on any atom is -0.736 e. The van der Waals surface area contributed by atoms with E-state index in [2.05, 4.69) is 0 Å². The number of hydrogen-bond donors (Lipinski definition) is 0. The minimum absolute atomic E-state index is 0. The molecule has 0 fully saturated rings. The van der Waals surface area contributed by atoms with Gasteiger partial charge in [0, 0.05) is 78.6 Å². The van der Waals surface area contributed by atoms with Crippen LogP contribution < -0.4 is 71.9 Å².